The van der Waals surface area contributed by atoms with Crippen molar-refractivity contribution in [2.45, 2.75) is 32.4 Å². The Bertz CT molecular complexity index is 874. The molecule has 0 saturated heterocycles. The molecule has 2 aromatic rings. The van der Waals surface area contributed by atoms with E-state index in [4.69, 9.17) is 4.74 Å². The highest BCUT2D eigenvalue weighted by molar-refractivity contribution is 7.12. The third kappa shape index (κ3) is 4.15. The van der Waals surface area contributed by atoms with E-state index in [9.17, 15) is 19.1 Å². The molecule has 1 aliphatic heterocycles. The Morgan fingerprint density at radius 1 is 1.29 bits per heavy atom. The van der Waals surface area contributed by atoms with Gasteiger partial charge in [0.15, 0.2) is 5.76 Å². The fourth-order valence-electron chi connectivity index (χ4n) is 3.20. The van der Waals surface area contributed by atoms with Crippen molar-refractivity contribution in [1.29, 1.82) is 0 Å². The molecule has 0 fully saturated rings. The molecular formula is C21H22FNO4S. The summed E-state index contributed by atoms with van der Waals surface area (Å²) in [5.41, 5.74) is 0.604. The molecule has 3 rings (SSSR count). The number of benzene rings is 1. The van der Waals surface area contributed by atoms with Crippen LogP contribution in [0, 0.1) is 5.82 Å². The Morgan fingerprint density at radius 2 is 2.00 bits per heavy atom. The molecule has 0 saturated carbocycles. The van der Waals surface area contributed by atoms with E-state index in [1.807, 2.05) is 13.8 Å². The Kier molecular flexibility index (Phi) is 6.26. The first-order chi connectivity index (χ1) is 13.4. The van der Waals surface area contributed by atoms with E-state index in [2.05, 4.69) is 0 Å². The lowest BCUT2D eigenvalue weighted by molar-refractivity contribution is -0.129. The molecule has 0 aliphatic carbocycles. The molecule has 1 amide bonds. The van der Waals surface area contributed by atoms with Gasteiger partial charge in [-0.25, -0.2) is 4.39 Å². The zero-order valence-electron chi connectivity index (χ0n) is 15.7. The maximum absolute atomic E-state index is 13.4. The van der Waals surface area contributed by atoms with Gasteiger partial charge in [0.2, 0.25) is 5.78 Å². The average Bonchev–Trinajstić information content (AvgIpc) is 3.28. The Hall–Kier alpha value is -2.51. The van der Waals surface area contributed by atoms with Crippen LogP contribution in [0.15, 0.2) is 53.1 Å². The topological polar surface area (TPSA) is 66.8 Å². The third-order valence-corrected chi connectivity index (χ3v) is 5.34. The number of ether oxygens (including phenoxy) is 1. The van der Waals surface area contributed by atoms with Crippen molar-refractivity contribution < 1.29 is 23.8 Å². The van der Waals surface area contributed by atoms with Crippen LogP contribution < -0.4 is 0 Å². The van der Waals surface area contributed by atoms with Crippen LogP contribution >= 0.6 is 11.3 Å². The van der Waals surface area contributed by atoms with Gasteiger partial charge in [0.25, 0.3) is 5.91 Å². The van der Waals surface area contributed by atoms with Crippen LogP contribution in [0.5, 0.6) is 0 Å². The summed E-state index contributed by atoms with van der Waals surface area (Å²) in [7, 11) is 0. The lowest BCUT2D eigenvalue weighted by Gasteiger charge is -2.27. The van der Waals surface area contributed by atoms with Gasteiger partial charge in [-0.15, -0.1) is 11.3 Å². The van der Waals surface area contributed by atoms with Crippen molar-refractivity contribution in [2.24, 2.45) is 0 Å². The zero-order chi connectivity index (χ0) is 20.3. The summed E-state index contributed by atoms with van der Waals surface area (Å²) < 4.78 is 18.9. The number of nitrogens with zero attached hydrogens (tertiary/aromatic N) is 1. The first-order valence-corrected chi connectivity index (χ1v) is 9.97. The lowest BCUT2D eigenvalue weighted by Crippen LogP contribution is -2.32. The van der Waals surface area contributed by atoms with Gasteiger partial charge in [0, 0.05) is 13.2 Å². The fourth-order valence-corrected chi connectivity index (χ4v) is 3.88. The van der Waals surface area contributed by atoms with E-state index in [0.717, 1.165) is 0 Å². The van der Waals surface area contributed by atoms with E-state index in [1.165, 1.54) is 40.5 Å². The van der Waals surface area contributed by atoms with Gasteiger partial charge >= 0.3 is 0 Å². The highest BCUT2D eigenvalue weighted by atomic mass is 32.1. The average molecular weight is 403 g/mol. The van der Waals surface area contributed by atoms with Gasteiger partial charge < -0.3 is 14.7 Å². The van der Waals surface area contributed by atoms with E-state index >= 15 is 0 Å². The largest absolute Gasteiger partial charge is 0.503 e. The van der Waals surface area contributed by atoms with Crippen molar-refractivity contribution in [1.82, 2.24) is 4.90 Å². The Morgan fingerprint density at radius 3 is 2.61 bits per heavy atom. The SMILES string of the molecule is CC(C)OCCCN1C(=O)C(O)=C(C(=O)c2cccs2)[C@@H]1c1ccc(F)cc1. The third-order valence-electron chi connectivity index (χ3n) is 4.47. The molecule has 1 aromatic heterocycles. The maximum atomic E-state index is 13.4. The first-order valence-electron chi connectivity index (χ1n) is 9.09. The number of thiophene rings is 1. The van der Waals surface area contributed by atoms with Crippen LogP contribution in [-0.2, 0) is 9.53 Å². The number of hydrogen-bond acceptors (Lipinski definition) is 5. The number of amides is 1. The van der Waals surface area contributed by atoms with Crippen molar-refractivity contribution in [3.8, 4) is 0 Å². The molecular weight excluding hydrogens is 381 g/mol. The molecule has 5 nitrogen and oxygen atoms in total. The summed E-state index contributed by atoms with van der Waals surface area (Å²) in [5, 5.41) is 12.3. The number of hydrogen-bond donors (Lipinski definition) is 1. The number of Topliss-reactive ketones (excluding diaryl/α,β-unsaturated/α-hetero) is 1. The van der Waals surface area contributed by atoms with E-state index in [-0.39, 0.29) is 11.7 Å². The summed E-state index contributed by atoms with van der Waals surface area (Å²) in [6.07, 6.45) is 0.625. The molecule has 7 heteroatoms. The maximum Gasteiger partial charge on any atom is 0.290 e. The highest BCUT2D eigenvalue weighted by Crippen LogP contribution is 2.39. The fraction of sp³-hybridized carbons (Fsp3) is 0.333. The minimum absolute atomic E-state index is 0.0313. The molecule has 148 valence electrons. The van der Waals surface area contributed by atoms with Crippen LogP contribution in [0.1, 0.15) is 41.5 Å². The van der Waals surface area contributed by atoms with E-state index < -0.39 is 29.3 Å². The molecule has 0 unspecified atom stereocenters. The molecule has 2 heterocycles. The lowest BCUT2D eigenvalue weighted by atomic mass is 9.95. The zero-order valence-corrected chi connectivity index (χ0v) is 16.5. The molecule has 1 N–H and O–H groups in total. The van der Waals surface area contributed by atoms with Crippen molar-refractivity contribution in [3.63, 3.8) is 0 Å². The summed E-state index contributed by atoms with van der Waals surface area (Å²) in [4.78, 5) is 27.6. The molecule has 1 aromatic carbocycles. The van der Waals surface area contributed by atoms with Gasteiger partial charge in [-0.1, -0.05) is 18.2 Å². The summed E-state index contributed by atoms with van der Waals surface area (Å²) in [5.74, 6) is -1.95. The van der Waals surface area contributed by atoms with Gasteiger partial charge in [-0.3, -0.25) is 9.59 Å². The number of aliphatic hydroxyl groups excluding tert-OH is 1. The molecule has 28 heavy (non-hydrogen) atoms. The van der Waals surface area contributed by atoms with Crippen LogP contribution in [0.4, 0.5) is 4.39 Å². The highest BCUT2D eigenvalue weighted by Gasteiger charge is 2.43. The van der Waals surface area contributed by atoms with Gasteiger partial charge in [-0.05, 0) is 49.4 Å². The van der Waals surface area contributed by atoms with Crippen LogP contribution in [-0.4, -0.2) is 41.0 Å². The summed E-state index contributed by atoms with van der Waals surface area (Å²) in [6, 6.07) is 8.25. The number of carbonyl (C=O) groups is 2. The van der Waals surface area contributed by atoms with Crippen LogP contribution in [0.3, 0.4) is 0 Å². The minimum atomic E-state index is -0.762. The number of halogens is 1. The quantitative estimate of drug-likeness (QED) is 0.528. The standard InChI is InChI=1S/C21H22FNO4S/c1-13(2)27-11-4-10-23-18(14-6-8-15(22)9-7-14)17(20(25)21(23)26)19(24)16-5-3-12-28-16/h3,5-9,12-13,18,25H,4,10-11H2,1-2H3/t18-/m0/s1. The molecule has 0 bridgehead atoms. The molecule has 1 aliphatic rings. The first kappa shape index (κ1) is 20.2. The molecule has 1 atom stereocenters. The normalized spacial score (nSPS) is 17.1. The number of rotatable bonds is 8. The van der Waals surface area contributed by atoms with E-state index in [1.54, 1.807) is 17.5 Å². The molecule has 0 spiro atoms. The van der Waals surface area contributed by atoms with E-state index in [0.29, 0.717) is 30.0 Å². The molecule has 0 radical (unpaired) electrons. The number of ketones is 1. The monoisotopic (exact) mass is 403 g/mol. The van der Waals surface area contributed by atoms with Crippen molar-refractivity contribution in [3.05, 3.63) is 69.4 Å². The second kappa shape index (κ2) is 8.67. The smallest absolute Gasteiger partial charge is 0.290 e. The Labute approximate surface area is 167 Å². The van der Waals surface area contributed by atoms with Gasteiger partial charge in [-0.2, -0.15) is 0 Å². The number of carbonyl (C=O) groups excluding carboxylic acids is 2. The predicted molar refractivity (Wildman–Crippen MR) is 105 cm³/mol. The second-order valence-corrected chi connectivity index (χ2v) is 7.74. The minimum Gasteiger partial charge on any atom is -0.503 e. The second-order valence-electron chi connectivity index (χ2n) is 6.79. The van der Waals surface area contributed by atoms with Gasteiger partial charge in [0.05, 0.1) is 22.6 Å². The number of aliphatic hydroxyl groups is 1. The van der Waals surface area contributed by atoms with Gasteiger partial charge in [0.1, 0.15) is 5.82 Å². The summed E-state index contributed by atoms with van der Waals surface area (Å²) >= 11 is 1.24. The van der Waals surface area contributed by atoms with Crippen molar-refractivity contribution in [2.75, 3.05) is 13.2 Å². The summed E-state index contributed by atoms with van der Waals surface area (Å²) in [6.45, 7) is 4.60. The van der Waals surface area contributed by atoms with Crippen LogP contribution in [0.25, 0.3) is 0 Å². The Balaban J connectivity index is 1.93. The van der Waals surface area contributed by atoms with Crippen LogP contribution in [0.2, 0.25) is 0 Å². The predicted octanol–water partition coefficient (Wildman–Crippen LogP) is 4.28. The van der Waals surface area contributed by atoms with Crippen molar-refractivity contribution >= 4 is 23.0 Å².